The third kappa shape index (κ3) is 3.76. The van der Waals surface area contributed by atoms with Crippen molar-refractivity contribution in [2.45, 2.75) is 6.42 Å². The normalized spacial score (nSPS) is 9.50. The molecule has 1 aromatic rings. The zero-order valence-electron chi connectivity index (χ0n) is 9.23. The average Bonchev–Trinajstić information content (AvgIpc) is 2.34. The number of ether oxygens (including phenoxy) is 2. The van der Waals surface area contributed by atoms with E-state index < -0.39 is 0 Å². The van der Waals surface area contributed by atoms with Crippen LogP contribution in [0.2, 0.25) is 0 Å². The van der Waals surface area contributed by atoms with Crippen LogP contribution in [0, 0.1) is 12.3 Å². The smallest absolute Gasteiger partial charge is 0.165 e. The number of rotatable bonds is 6. The highest BCUT2D eigenvalue weighted by Gasteiger charge is 2.05. The number of hydrogen-bond donors (Lipinski definition) is 0. The van der Waals surface area contributed by atoms with Crippen LogP contribution in [0.4, 0.5) is 0 Å². The van der Waals surface area contributed by atoms with Crippen molar-refractivity contribution in [2.24, 2.45) is 0 Å². The molecule has 0 saturated carbocycles. The third-order valence-corrected chi connectivity index (χ3v) is 2.07. The summed E-state index contributed by atoms with van der Waals surface area (Å²) in [5.74, 6) is 3.12. The average molecular weight is 218 g/mol. The van der Waals surface area contributed by atoms with E-state index in [2.05, 4.69) is 5.92 Å². The van der Waals surface area contributed by atoms with Gasteiger partial charge in [0.15, 0.2) is 5.78 Å². The molecule has 3 nitrogen and oxygen atoms in total. The number of carbonyl (C=O) groups excluding carboxylic acids is 1. The van der Waals surface area contributed by atoms with Gasteiger partial charge in [0, 0.05) is 12.0 Å². The first-order chi connectivity index (χ1) is 7.77. The molecule has 0 aromatic heterocycles. The molecule has 0 fully saturated rings. The van der Waals surface area contributed by atoms with Crippen LogP contribution in [-0.4, -0.2) is 26.1 Å². The molecule has 0 spiro atoms. The predicted molar refractivity (Wildman–Crippen MR) is 61.6 cm³/mol. The van der Waals surface area contributed by atoms with E-state index in [4.69, 9.17) is 15.9 Å². The molecule has 0 amide bonds. The molecule has 16 heavy (non-hydrogen) atoms. The Kier molecular flexibility index (Phi) is 5.10. The number of Topliss-reactive ketones (excluding diaryl/α,β-unsaturated/α-hetero) is 1. The van der Waals surface area contributed by atoms with Crippen LogP contribution in [0.1, 0.15) is 16.8 Å². The lowest BCUT2D eigenvalue weighted by molar-refractivity contribution is 0.0914. The van der Waals surface area contributed by atoms with Crippen molar-refractivity contribution in [1.82, 2.24) is 0 Å². The van der Waals surface area contributed by atoms with E-state index in [1.54, 1.807) is 31.4 Å². The van der Waals surface area contributed by atoms with E-state index in [1.807, 2.05) is 0 Å². The van der Waals surface area contributed by atoms with Gasteiger partial charge in [-0.1, -0.05) is 5.92 Å². The molecule has 0 aliphatic rings. The Morgan fingerprint density at radius 2 is 2.06 bits per heavy atom. The molecular weight excluding hydrogens is 204 g/mol. The zero-order valence-corrected chi connectivity index (χ0v) is 9.23. The minimum atomic E-state index is 0.0414. The third-order valence-electron chi connectivity index (χ3n) is 2.07. The molecule has 0 atom stereocenters. The van der Waals surface area contributed by atoms with Gasteiger partial charge in [-0.05, 0) is 24.3 Å². The van der Waals surface area contributed by atoms with E-state index in [-0.39, 0.29) is 12.4 Å². The lowest BCUT2D eigenvalue weighted by Gasteiger charge is -2.03. The van der Waals surface area contributed by atoms with Gasteiger partial charge in [0.05, 0.1) is 13.7 Å². The van der Waals surface area contributed by atoms with Crippen LogP contribution in [0.15, 0.2) is 24.3 Å². The maximum atomic E-state index is 11.6. The summed E-state index contributed by atoms with van der Waals surface area (Å²) in [5.41, 5.74) is 0.658. The summed E-state index contributed by atoms with van der Waals surface area (Å²) in [6.45, 7) is 0.602. The second kappa shape index (κ2) is 6.65. The highest BCUT2D eigenvalue weighted by Crippen LogP contribution is 2.12. The Bertz CT molecular complexity index is 373. The predicted octanol–water partition coefficient (Wildman–Crippen LogP) is 1.92. The van der Waals surface area contributed by atoms with E-state index in [0.717, 1.165) is 5.75 Å². The van der Waals surface area contributed by atoms with Gasteiger partial charge in [-0.3, -0.25) is 4.79 Å². The molecule has 0 aliphatic heterocycles. The Morgan fingerprint density at radius 1 is 1.38 bits per heavy atom. The van der Waals surface area contributed by atoms with Gasteiger partial charge in [0.25, 0.3) is 0 Å². The maximum absolute atomic E-state index is 11.6. The van der Waals surface area contributed by atoms with Gasteiger partial charge in [-0.15, -0.1) is 6.42 Å². The number of ketones is 1. The van der Waals surface area contributed by atoms with Gasteiger partial charge in [-0.25, -0.2) is 0 Å². The maximum Gasteiger partial charge on any atom is 0.165 e. The van der Waals surface area contributed by atoms with Crippen molar-refractivity contribution in [3.63, 3.8) is 0 Å². The number of methoxy groups -OCH3 is 1. The summed E-state index contributed by atoms with van der Waals surface area (Å²) in [4.78, 5) is 11.6. The largest absolute Gasteiger partial charge is 0.497 e. The fourth-order valence-corrected chi connectivity index (χ4v) is 1.22. The molecule has 0 saturated heterocycles. The van der Waals surface area contributed by atoms with Crippen LogP contribution in [0.3, 0.4) is 0 Å². The number of hydrogen-bond acceptors (Lipinski definition) is 3. The Labute approximate surface area is 95.4 Å². The molecule has 0 bridgehead atoms. The molecule has 0 heterocycles. The summed E-state index contributed by atoms with van der Waals surface area (Å²) < 4.78 is 10.0. The molecule has 3 heteroatoms. The highest BCUT2D eigenvalue weighted by molar-refractivity contribution is 5.96. The monoisotopic (exact) mass is 218 g/mol. The van der Waals surface area contributed by atoms with Crippen molar-refractivity contribution in [3.05, 3.63) is 29.8 Å². The topological polar surface area (TPSA) is 35.5 Å². The fourth-order valence-electron chi connectivity index (χ4n) is 1.22. The molecule has 0 aliphatic carbocycles. The number of benzene rings is 1. The molecule has 1 aromatic carbocycles. The number of terminal acetylenes is 1. The fraction of sp³-hybridized carbons (Fsp3) is 0.308. The molecule has 0 N–H and O–H groups in total. The summed E-state index contributed by atoms with van der Waals surface area (Å²) in [6.07, 6.45) is 5.36. The second-order valence-electron chi connectivity index (χ2n) is 3.16. The van der Waals surface area contributed by atoms with Crippen molar-refractivity contribution in [1.29, 1.82) is 0 Å². The zero-order chi connectivity index (χ0) is 11.8. The van der Waals surface area contributed by atoms with E-state index in [1.165, 1.54) is 0 Å². The minimum absolute atomic E-state index is 0.0414. The summed E-state index contributed by atoms with van der Waals surface area (Å²) in [5, 5.41) is 0. The second-order valence-corrected chi connectivity index (χ2v) is 3.16. The van der Waals surface area contributed by atoms with Crippen molar-refractivity contribution >= 4 is 5.78 Å². The summed E-state index contributed by atoms with van der Waals surface area (Å²) in [7, 11) is 1.59. The number of carbonyl (C=O) groups is 1. The first-order valence-corrected chi connectivity index (χ1v) is 4.96. The summed E-state index contributed by atoms with van der Waals surface area (Å²) in [6, 6.07) is 7.00. The highest BCUT2D eigenvalue weighted by atomic mass is 16.5. The molecule has 1 rings (SSSR count). The van der Waals surface area contributed by atoms with Crippen LogP contribution in [-0.2, 0) is 4.74 Å². The molecule has 0 radical (unpaired) electrons. The first kappa shape index (κ1) is 12.3. The van der Waals surface area contributed by atoms with E-state index >= 15 is 0 Å². The Morgan fingerprint density at radius 3 is 2.62 bits per heavy atom. The lowest BCUT2D eigenvalue weighted by atomic mass is 10.1. The van der Waals surface area contributed by atoms with Crippen LogP contribution < -0.4 is 4.74 Å². The Balaban J connectivity index is 2.44. The quantitative estimate of drug-likeness (QED) is 0.415. The minimum Gasteiger partial charge on any atom is -0.497 e. The van der Waals surface area contributed by atoms with Crippen LogP contribution in [0.25, 0.3) is 0 Å². The van der Waals surface area contributed by atoms with E-state index in [0.29, 0.717) is 18.6 Å². The molecule has 84 valence electrons. The van der Waals surface area contributed by atoms with Crippen molar-refractivity contribution in [2.75, 3.05) is 20.3 Å². The van der Waals surface area contributed by atoms with Gasteiger partial charge in [0.1, 0.15) is 12.4 Å². The van der Waals surface area contributed by atoms with Crippen molar-refractivity contribution < 1.29 is 14.3 Å². The van der Waals surface area contributed by atoms with Gasteiger partial charge in [-0.2, -0.15) is 0 Å². The van der Waals surface area contributed by atoms with Gasteiger partial charge < -0.3 is 9.47 Å². The van der Waals surface area contributed by atoms with Crippen molar-refractivity contribution in [3.8, 4) is 18.1 Å². The molecular formula is C13H14O3. The van der Waals surface area contributed by atoms with Crippen LogP contribution in [0.5, 0.6) is 5.75 Å². The van der Waals surface area contributed by atoms with Gasteiger partial charge in [0.2, 0.25) is 0 Å². The standard InChI is InChI=1S/C13H14O3/c1-3-9-16-10-8-13(14)11-4-6-12(15-2)7-5-11/h1,4-7H,8-10H2,2H3. The lowest BCUT2D eigenvalue weighted by Crippen LogP contribution is -2.04. The van der Waals surface area contributed by atoms with E-state index in [9.17, 15) is 4.79 Å². The SMILES string of the molecule is C#CCOCCC(=O)c1ccc(OC)cc1. The summed E-state index contributed by atoms with van der Waals surface area (Å²) >= 11 is 0. The molecule has 0 unspecified atom stereocenters. The first-order valence-electron chi connectivity index (χ1n) is 4.96. The Hall–Kier alpha value is -1.79. The van der Waals surface area contributed by atoms with Gasteiger partial charge >= 0.3 is 0 Å². The van der Waals surface area contributed by atoms with Crippen LogP contribution >= 0.6 is 0 Å².